The minimum absolute atomic E-state index is 0.0557. The van der Waals surface area contributed by atoms with Crippen molar-refractivity contribution in [3.8, 4) is 5.75 Å². The number of nitrogens with zero attached hydrogens (tertiary/aromatic N) is 5. The van der Waals surface area contributed by atoms with E-state index in [9.17, 15) is 4.79 Å². The van der Waals surface area contributed by atoms with Gasteiger partial charge in [-0.3, -0.25) is 9.69 Å². The minimum atomic E-state index is -0.441. The summed E-state index contributed by atoms with van der Waals surface area (Å²) in [5.74, 6) is 1.47. The summed E-state index contributed by atoms with van der Waals surface area (Å²) in [7, 11) is 1.62. The molecule has 184 valence electrons. The Morgan fingerprint density at radius 1 is 0.886 bits per heavy atom. The molecule has 5 rings (SSSR count). The van der Waals surface area contributed by atoms with E-state index in [1.807, 2.05) is 29.2 Å². The first-order valence-electron chi connectivity index (χ1n) is 12.3. The summed E-state index contributed by atoms with van der Waals surface area (Å²) in [6, 6.07) is 15.7. The van der Waals surface area contributed by atoms with Gasteiger partial charge in [0.05, 0.1) is 7.11 Å². The fraction of sp³-hybridized carbons (Fsp3) is 0.423. The molecule has 9 nitrogen and oxygen atoms in total. The van der Waals surface area contributed by atoms with Gasteiger partial charge >= 0.3 is 0 Å². The van der Waals surface area contributed by atoms with Crippen LogP contribution >= 0.6 is 0 Å². The number of benzene rings is 2. The van der Waals surface area contributed by atoms with E-state index in [4.69, 9.17) is 21.2 Å². The molecule has 35 heavy (non-hydrogen) atoms. The van der Waals surface area contributed by atoms with Crippen LogP contribution in [0.1, 0.15) is 42.5 Å². The minimum Gasteiger partial charge on any atom is -0.497 e. The Morgan fingerprint density at radius 3 is 2.14 bits per heavy atom. The summed E-state index contributed by atoms with van der Waals surface area (Å²) in [5.41, 5.74) is 14.7. The maximum Gasteiger partial charge on any atom is 0.253 e. The lowest BCUT2D eigenvalue weighted by atomic mass is 9.87. The molecule has 2 aliphatic heterocycles. The smallest absolute Gasteiger partial charge is 0.253 e. The first-order chi connectivity index (χ1) is 17.0. The number of rotatable bonds is 4. The highest BCUT2D eigenvalue weighted by Crippen LogP contribution is 2.39. The highest BCUT2D eigenvalue weighted by atomic mass is 16.5. The second-order valence-electron chi connectivity index (χ2n) is 9.34. The zero-order valence-electron chi connectivity index (χ0n) is 20.2. The van der Waals surface area contributed by atoms with Gasteiger partial charge in [-0.05, 0) is 74.2 Å². The SMILES string of the molecule is COc1ccc(C(=O)N2CCN(c3ccc(N4C(N)=NC(N)=NC45CCCCC5)cc3)CC2)cc1. The zero-order valence-corrected chi connectivity index (χ0v) is 20.2. The quantitative estimate of drug-likeness (QED) is 0.703. The van der Waals surface area contributed by atoms with E-state index >= 15 is 0 Å². The summed E-state index contributed by atoms with van der Waals surface area (Å²) in [6.45, 7) is 2.91. The van der Waals surface area contributed by atoms with E-state index in [1.165, 1.54) is 6.42 Å². The Hall–Kier alpha value is -3.75. The normalized spacial score (nSPS) is 19.9. The number of piperazine rings is 1. The van der Waals surface area contributed by atoms with Crippen LogP contribution in [0.3, 0.4) is 0 Å². The van der Waals surface area contributed by atoms with Crippen molar-refractivity contribution in [1.82, 2.24) is 4.90 Å². The molecule has 1 amide bonds. The molecule has 1 spiro atoms. The molecule has 1 aliphatic carbocycles. The summed E-state index contributed by atoms with van der Waals surface area (Å²) in [5, 5.41) is 0. The van der Waals surface area contributed by atoms with Crippen molar-refractivity contribution in [2.24, 2.45) is 21.5 Å². The fourth-order valence-electron chi connectivity index (χ4n) is 5.39. The summed E-state index contributed by atoms with van der Waals surface area (Å²) < 4.78 is 5.19. The van der Waals surface area contributed by atoms with Gasteiger partial charge in [0.1, 0.15) is 11.4 Å². The van der Waals surface area contributed by atoms with E-state index in [2.05, 4.69) is 39.1 Å². The second-order valence-corrected chi connectivity index (χ2v) is 9.34. The van der Waals surface area contributed by atoms with Crippen molar-refractivity contribution >= 4 is 29.2 Å². The Kier molecular flexibility index (Phi) is 6.23. The summed E-state index contributed by atoms with van der Waals surface area (Å²) in [4.78, 5) is 28.2. The Balaban J connectivity index is 1.26. The maximum absolute atomic E-state index is 12.9. The van der Waals surface area contributed by atoms with Crippen LogP contribution in [0.15, 0.2) is 58.5 Å². The number of ether oxygens (including phenoxy) is 1. The summed E-state index contributed by atoms with van der Waals surface area (Å²) in [6.07, 6.45) is 5.22. The van der Waals surface area contributed by atoms with E-state index in [1.54, 1.807) is 7.11 Å². The van der Waals surface area contributed by atoms with Crippen LogP contribution in [-0.2, 0) is 0 Å². The molecule has 0 unspecified atom stereocenters. The van der Waals surface area contributed by atoms with Crippen molar-refractivity contribution in [2.75, 3.05) is 43.1 Å². The third kappa shape index (κ3) is 4.50. The van der Waals surface area contributed by atoms with E-state index in [0.717, 1.165) is 55.9 Å². The molecule has 2 fully saturated rings. The third-order valence-electron chi connectivity index (χ3n) is 7.23. The van der Waals surface area contributed by atoms with Gasteiger partial charge in [0.15, 0.2) is 0 Å². The highest BCUT2D eigenvalue weighted by molar-refractivity contribution is 6.05. The van der Waals surface area contributed by atoms with Crippen LogP contribution in [-0.4, -0.2) is 61.7 Å². The third-order valence-corrected chi connectivity index (χ3v) is 7.23. The average Bonchev–Trinajstić information content (AvgIpc) is 2.89. The molecule has 0 atom stereocenters. The number of amides is 1. The number of carbonyl (C=O) groups excluding carboxylic acids is 1. The van der Waals surface area contributed by atoms with Crippen molar-refractivity contribution in [1.29, 1.82) is 0 Å². The first kappa shape index (κ1) is 23.0. The molecule has 1 saturated carbocycles. The molecule has 2 aromatic carbocycles. The monoisotopic (exact) mass is 475 g/mol. The molecule has 9 heteroatoms. The first-order valence-corrected chi connectivity index (χ1v) is 12.3. The molecular weight excluding hydrogens is 442 g/mol. The van der Waals surface area contributed by atoms with Crippen molar-refractivity contribution in [2.45, 2.75) is 37.8 Å². The van der Waals surface area contributed by atoms with Gasteiger partial charge in [-0.15, -0.1) is 0 Å². The average molecular weight is 476 g/mol. The number of methoxy groups -OCH3 is 1. The number of carbonyl (C=O) groups is 1. The largest absolute Gasteiger partial charge is 0.497 e. The number of anilines is 2. The maximum atomic E-state index is 12.9. The van der Waals surface area contributed by atoms with Crippen LogP contribution in [0.25, 0.3) is 0 Å². The Morgan fingerprint density at radius 2 is 1.51 bits per heavy atom. The highest BCUT2D eigenvalue weighted by Gasteiger charge is 2.42. The van der Waals surface area contributed by atoms with Gasteiger partial charge in [0.25, 0.3) is 5.91 Å². The van der Waals surface area contributed by atoms with Gasteiger partial charge in [-0.25, -0.2) is 4.99 Å². The molecule has 2 aromatic rings. The van der Waals surface area contributed by atoms with Gasteiger partial charge in [0, 0.05) is 43.1 Å². The molecular formula is C26H33N7O2. The molecule has 0 radical (unpaired) electrons. The van der Waals surface area contributed by atoms with Gasteiger partial charge in [-0.1, -0.05) is 6.42 Å². The van der Waals surface area contributed by atoms with E-state index in [0.29, 0.717) is 24.6 Å². The van der Waals surface area contributed by atoms with Gasteiger partial charge in [0.2, 0.25) is 11.9 Å². The van der Waals surface area contributed by atoms with Crippen molar-refractivity contribution in [3.63, 3.8) is 0 Å². The van der Waals surface area contributed by atoms with Gasteiger partial charge < -0.3 is 26.0 Å². The molecule has 4 N–H and O–H groups in total. The number of hydrogen-bond donors (Lipinski definition) is 2. The topological polar surface area (TPSA) is 113 Å². The van der Waals surface area contributed by atoms with Crippen LogP contribution < -0.4 is 26.0 Å². The van der Waals surface area contributed by atoms with E-state index < -0.39 is 5.66 Å². The number of aliphatic imine (C=N–C) groups is 2. The van der Waals surface area contributed by atoms with Crippen LogP contribution in [0.2, 0.25) is 0 Å². The molecule has 2 heterocycles. The zero-order chi connectivity index (χ0) is 24.4. The van der Waals surface area contributed by atoms with E-state index in [-0.39, 0.29) is 11.9 Å². The lowest BCUT2D eigenvalue weighted by Gasteiger charge is -2.45. The van der Waals surface area contributed by atoms with Crippen molar-refractivity contribution in [3.05, 3.63) is 54.1 Å². The number of hydrogen-bond acceptors (Lipinski definition) is 8. The van der Waals surface area contributed by atoms with Gasteiger partial charge in [-0.2, -0.15) is 4.99 Å². The lowest BCUT2D eigenvalue weighted by Crippen LogP contribution is -2.58. The second kappa shape index (κ2) is 9.48. The molecule has 1 saturated heterocycles. The molecule has 3 aliphatic rings. The molecule has 0 aromatic heterocycles. The van der Waals surface area contributed by atoms with Crippen molar-refractivity contribution < 1.29 is 9.53 Å². The predicted octanol–water partition coefficient (Wildman–Crippen LogP) is 2.77. The van der Waals surface area contributed by atoms with Crippen LogP contribution in [0.5, 0.6) is 5.75 Å². The predicted molar refractivity (Wildman–Crippen MR) is 139 cm³/mol. The van der Waals surface area contributed by atoms with Crippen LogP contribution in [0, 0.1) is 0 Å². The molecule has 0 bridgehead atoms. The Labute approximate surface area is 206 Å². The fourth-order valence-corrected chi connectivity index (χ4v) is 5.39. The Bertz CT molecular complexity index is 1110. The lowest BCUT2D eigenvalue weighted by molar-refractivity contribution is 0.0746. The summed E-state index contributed by atoms with van der Waals surface area (Å²) >= 11 is 0. The standard InChI is InChI=1S/C26H33N7O2/c1-35-22-11-5-19(6-12-22)23(34)32-17-15-31(16-18-32)20-7-9-21(10-8-20)33-25(28)29-24(27)30-26(33)13-3-2-4-14-26/h5-12H,2-4,13-18H2,1H3,(H4,27,28,29,30). The number of guanidine groups is 2. The number of nitrogens with two attached hydrogens (primary N) is 2. The van der Waals surface area contributed by atoms with Crippen LogP contribution in [0.4, 0.5) is 11.4 Å².